The number of rotatable bonds is 5. The van der Waals surface area contributed by atoms with E-state index in [1.807, 2.05) is 51.1 Å². The van der Waals surface area contributed by atoms with Crippen molar-refractivity contribution < 1.29 is 14.1 Å². The predicted molar refractivity (Wildman–Crippen MR) is 111 cm³/mol. The SMILES string of the molecule is COc1ccc(P(=O)(C(=O)c2c(C)cc(C)cc2C)c2ccccc2)cc1. The molecule has 0 saturated carbocycles. The van der Waals surface area contributed by atoms with Crippen LogP contribution in [0.1, 0.15) is 27.0 Å². The van der Waals surface area contributed by atoms with Gasteiger partial charge in [-0.25, -0.2) is 0 Å². The minimum absolute atomic E-state index is 0.325. The first-order valence-corrected chi connectivity index (χ1v) is 10.5. The second-order valence-corrected chi connectivity index (χ2v) is 9.38. The third-order valence-corrected chi connectivity index (χ3v) is 7.58. The molecule has 4 heteroatoms. The molecule has 3 aromatic rings. The van der Waals surface area contributed by atoms with Crippen LogP contribution in [0.25, 0.3) is 0 Å². The van der Waals surface area contributed by atoms with Crippen LogP contribution in [-0.2, 0) is 4.57 Å². The van der Waals surface area contributed by atoms with Gasteiger partial charge in [-0.05, 0) is 56.2 Å². The molecule has 0 aromatic heterocycles. The molecule has 0 N–H and O–H groups in total. The first-order chi connectivity index (χ1) is 12.9. The number of methoxy groups -OCH3 is 1. The van der Waals surface area contributed by atoms with E-state index < -0.39 is 7.14 Å². The zero-order valence-electron chi connectivity index (χ0n) is 16.0. The Morgan fingerprint density at radius 1 is 0.815 bits per heavy atom. The lowest BCUT2D eigenvalue weighted by Crippen LogP contribution is -2.23. The van der Waals surface area contributed by atoms with E-state index in [0.717, 1.165) is 16.7 Å². The monoisotopic (exact) mass is 378 g/mol. The summed E-state index contributed by atoms with van der Waals surface area (Å²) >= 11 is 0. The highest BCUT2D eigenvalue weighted by molar-refractivity contribution is 7.93. The molecule has 0 bridgehead atoms. The molecule has 0 amide bonds. The summed E-state index contributed by atoms with van der Waals surface area (Å²) in [5.41, 5.74) is 3.00. The highest BCUT2D eigenvalue weighted by atomic mass is 31.2. The maximum absolute atomic E-state index is 14.3. The van der Waals surface area contributed by atoms with E-state index in [4.69, 9.17) is 4.74 Å². The molecule has 0 heterocycles. The Kier molecular flexibility index (Phi) is 5.34. The molecular formula is C23H23O3P. The number of hydrogen-bond acceptors (Lipinski definition) is 3. The lowest BCUT2D eigenvalue weighted by atomic mass is 10.0. The first kappa shape index (κ1) is 19.1. The van der Waals surface area contributed by atoms with E-state index in [-0.39, 0.29) is 5.52 Å². The van der Waals surface area contributed by atoms with Crippen LogP contribution in [0.3, 0.4) is 0 Å². The maximum atomic E-state index is 14.3. The summed E-state index contributed by atoms with van der Waals surface area (Å²) in [5.74, 6) is 0.661. The topological polar surface area (TPSA) is 43.4 Å². The molecule has 3 aromatic carbocycles. The van der Waals surface area contributed by atoms with Crippen molar-refractivity contribution in [2.75, 3.05) is 7.11 Å². The van der Waals surface area contributed by atoms with Crippen molar-refractivity contribution in [1.29, 1.82) is 0 Å². The Hall–Kier alpha value is -2.64. The van der Waals surface area contributed by atoms with E-state index in [2.05, 4.69) is 0 Å². The minimum Gasteiger partial charge on any atom is -0.497 e. The number of ether oxygens (including phenoxy) is 1. The summed E-state index contributed by atoms with van der Waals surface area (Å²) in [6.45, 7) is 5.79. The van der Waals surface area contributed by atoms with Crippen molar-refractivity contribution in [2.45, 2.75) is 20.8 Å². The van der Waals surface area contributed by atoms with Gasteiger partial charge in [0, 0.05) is 16.2 Å². The fourth-order valence-electron chi connectivity index (χ4n) is 3.49. The molecule has 0 saturated heterocycles. The van der Waals surface area contributed by atoms with Gasteiger partial charge in [-0.15, -0.1) is 0 Å². The van der Waals surface area contributed by atoms with Gasteiger partial charge in [0.05, 0.1) is 7.11 Å². The van der Waals surface area contributed by atoms with Crippen molar-refractivity contribution in [1.82, 2.24) is 0 Å². The van der Waals surface area contributed by atoms with Gasteiger partial charge < -0.3 is 9.30 Å². The largest absolute Gasteiger partial charge is 0.497 e. The Labute approximate surface area is 160 Å². The van der Waals surface area contributed by atoms with Gasteiger partial charge in [-0.2, -0.15) is 0 Å². The molecule has 1 atom stereocenters. The molecule has 27 heavy (non-hydrogen) atoms. The standard InChI is InChI=1S/C23H23O3P/c1-16-14-17(2)22(18(3)15-16)23(24)27(25,20-8-6-5-7-9-20)21-12-10-19(26-4)11-13-21/h5-15H,1-4H3. The second kappa shape index (κ2) is 7.54. The summed E-state index contributed by atoms with van der Waals surface area (Å²) in [7, 11) is -1.95. The molecule has 0 aliphatic carbocycles. The zero-order chi connectivity index (χ0) is 19.6. The number of benzene rings is 3. The predicted octanol–water partition coefficient (Wildman–Crippen LogP) is 4.77. The minimum atomic E-state index is -3.53. The summed E-state index contributed by atoms with van der Waals surface area (Å²) in [4.78, 5) is 13.7. The highest BCUT2D eigenvalue weighted by Gasteiger charge is 2.38. The third kappa shape index (κ3) is 3.48. The molecule has 3 nitrogen and oxygen atoms in total. The highest BCUT2D eigenvalue weighted by Crippen LogP contribution is 2.48. The van der Waals surface area contributed by atoms with Crippen molar-refractivity contribution in [3.8, 4) is 5.75 Å². The summed E-state index contributed by atoms with van der Waals surface area (Å²) in [6, 6.07) is 19.9. The molecule has 0 spiro atoms. The number of aryl methyl sites for hydroxylation is 3. The molecule has 1 unspecified atom stereocenters. The van der Waals surface area contributed by atoms with Crippen molar-refractivity contribution >= 4 is 23.3 Å². The fraction of sp³-hybridized carbons (Fsp3) is 0.174. The molecule has 0 aliphatic heterocycles. The van der Waals surface area contributed by atoms with Crippen LogP contribution in [0.4, 0.5) is 0 Å². The van der Waals surface area contributed by atoms with Crippen LogP contribution in [-0.4, -0.2) is 12.6 Å². The van der Waals surface area contributed by atoms with Gasteiger partial charge in [0.2, 0.25) is 12.7 Å². The Morgan fingerprint density at radius 3 is 1.85 bits per heavy atom. The molecule has 3 rings (SSSR count). The van der Waals surface area contributed by atoms with Gasteiger partial charge in [0.1, 0.15) is 5.75 Å². The lowest BCUT2D eigenvalue weighted by molar-refractivity contribution is 0.107. The molecule has 138 valence electrons. The summed E-state index contributed by atoms with van der Waals surface area (Å²) in [6.07, 6.45) is 0. The molecule has 0 radical (unpaired) electrons. The third-order valence-electron chi connectivity index (χ3n) is 4.73. The van der Waals surface area contributed by atoms with Crippen molar-refractivity contribution in [3.05, 3.63) is 89.0 Å². The van der Waals surface area contributed by atoms with Crippen LogP contribution in [0.2, 0.25) is 0 Å². The Morgan fingerprint density at radius 2 is 1.33 bits per heavy atom. The van der Waals surface area contributed by atoms with Gasteiger partial charge in [0.25, 0.3) is 0 Å². The summed E-state index contributed by atoms with van der Waals surface area (Å²) in [5, 5.41) is 1.05. The lowest BCUT2D eigenvalue weighted by Gasteiger charge is -2.21. The van der Waals surface area contributed by atoms with Crippen LogP contribution >= 0.6 is 7.14 Å². The number of carbonyl (C=O) groups excluding carboxylic acids is 1. The van der Waals surface area contributed by atoms with Crippen LogP contribution < -0.4 is 15.3 Å². The molecule has 0 fully saturated rings. The van der Waals surface area contributed by atoms with Crippen LogP contribution in [0, 0.1) is 20.8 Å². The first-order valence-electron chi connectivity index (χ1n) is 8.81. The van der Waals surface area contributed by atoms with Crippen molar-refractivity contribution in [2.24, 2.45) is 0 Å². The van der Waals surface area contributed by atoms with Gasteiger partial charge >= 0.3 is 0 Å². The quantitative estimate of drug-likeness (QED) is 0.601. The average molecular weight is 378 g/mol. The maximum Gasteiger partial charge on any atom is 0.230 e. The van der Waals surface area contributed by atoms with Gasteiger partial charge in [-0.1, -0.05) is 48.0 Å². The average Bonchev–Trinajstić information content (AvgIpc) is 2.67. The molecular weight excluding hydrogens is 355 g/mol. The zero-order valence-corrected chi connectivity index (χ0v) is 16.9. The van der Waals surface area contributed by atoms with Gasteiger partial charge in [-0.3, -0.25) is 4.79 Å². The van der Waals surface area contributed by atoms with E-state index in [1.54, 1.807) is 43.5 Å². The smallest absolute Gasteiger partial charge is 0.230 e. The van der Waals surface area contributed by atoms with E-state index in [0.29, 0.717) is 21.9 Å². The van der Waals surface area contributed by atoms with E-state index in [1.165, 1.54) is 0 Å². The Balaban J connectivity index is 2.25. The Bertz CT molecular complexity index is 998. The van der Waals surface area contributed by atoms with Crippen molar-refractivity contribution in [3.63, 3.8) is 0 Å². The summed E-state index contributed by atoms with van der Waals surface area (Å²) < 4.78 is 19.5. The van der Waals surface area contributed by atoms with Gasteiger partial charge in [0.15, 0.2) is 0 Å². The molecule has 0 aliphatic rings. The fourth-order valence-corrected chi connectivity index (χ4v) is 6.08. The number of hydrogen-bond donors (Lipinski definition) is 0. The normalized spacial score (nSPS) is 13.0. The van der Waals surface area contributed by atoms with E-state index >= 15 is 0 Å². The van der Waals surface area contributed by atoms with Crippen LogP contribution in [0.5, 0.6) is 5.75 Å². The number of carbonyl (C=O) groups is 1. The van der Waals surface area contributed by atoms with E-state index in [9.17, 15) is 9.36 Å². The van der Waals surface area contributed by atoms with Crippen LogP contribution in [0.15, 0.2) is 66.7 Å². The second-order valence-electron chi connectivity index (χ2n) is 6.72.